The third-order valence-electron chi connectivity index (χ3n) is 12.8. The van der Waals surface area contributed by atoms with Gasteiger partial charge in [-0.15, -0.1) is 6.58 Å². The number of aliphatic hydroxyl groups excluding tert-OH is 2. The van der Waals surface area contributed by atoms with Gasteiger partial charge in [-0.1, -0.05) is 67.4 Å². The largest absolute Gasteiger partial charge is 0.492 e. The molecule has 0 aromatic heterocycles. The first-order chi connectivity index (χ1) is 30.8. The fraction of sp³-hybridized carbons (Fsp3) is 0.480. The molecule has 2 heterocycles. The molecule has 2 aliphatic heterocycles. The van der Waals surface area contributed by atoms with Crippen LogP contribution in [0.3, 0.4) is 0 Å². The zero-order valence-corrected chi connectivity index (χ0v) is 36.4. The van der Waals surface area contributed by atoms with Crippen molar-refractivity contribution in [2.75, 3.05) is 52.6 Å². The van der Waals surface area contributed by atoms with Crippen LogP contribution in [0.5, 0.6) is 11.5 Å². The number of fused-ring (bicyclic) bond motifs is 2. The number of nitrogens with zero attached hydrogens (tertiary/aromatic N) is 4. The molecule has 4 aliphatic rings. The summed E-state index contributed by atoms with van der Waals surface area (Å²) in [7, 11) is 0. The van der Waals surface area contributed by atoms with E-state index in [1.165, 1.54) is 18.2 Å². The Balaban J connectivity index is 1.38. The maximum Gasteiger partial charge on any atom is 0.269 e. The number of non-ortho nitro benzene ring substituents is 1. The van der Waals surface area contributed by atoms with Crippen molar-refractivity contribution in [2.24, 2.45) is 22.9 Å². The van der Waals surface area contributed by atoms with Gasteiger partial charge in [0.05, 0.1) is 23.2 Å². The Kier molecular flexibility index (Phi) is 15.8. The summed E-state index contributed by atoms with van der Waals surface area (Å²) < 4.78 is 20.9. The zero-order valence-electron chi connectivity index (χ0n) is 36.4. The number of rotatable bonds is 24. The molecule has 3 aromatic rings. The molecule has 6 atom stereocenters. The molecule has 13 nitrogen and oxygen atoms in total. The number of oxime groups is 1. The van der Waals surface area contributed by atoms with Crippen LogP contribution in [-0.4, -0.2) is 101 Å². The minimum atomic E-state index is -1.39. The lowest BCUT2D eigenvalue weighted by atomic mass is 9.55. The monoisotopic (exact) mass is 862 g/mol. The van der Waals surface area contributed by atoms with Gasteiger partial charge in [-0.3, -0.25) is 19.8 Å². The topological polar surface area (TPSA) is 156 Å². The quantitative estimate of drug-likeness (QED) is 0.0226. The van der Waals surface area contributed by atoms with Gasteiger partial charge in [0.2, 0.25) is 11.7 Å². The van der Waals surface area contributed by atoms with Crippen molar-refractivity contribution in [1.29, 1.82) is 0 Å². The maximum absolute atomic E-state index is 14.8. The fourth-order valence-corrected chi connectivity index (χ4v) is 9.71. The molecule has 1 saturated heterocycles. The summed E-state index contributed by atoms with van der Waals surface area (Å²) in [6.45, 7) is 10.7. The van der Waals surface area contributed by atoms with Crippen molar-refractivity contribution < 1.29 is 39.0 Å². The Labute approximate surface area is 370 Å². The van der Waals surface area contributed by atoms with Gasteiger partial charge in [0.1, 0.15) is 30.8 Å². The number of nitro groups is 1. The second kappa shape index (κ2) is 21.8. The summed E-state index contributed by atoms with van der Waals surface area (Å²) in [5.74, 6) is -0.696. The van der Waals surface area contributed by atoms with Crippen LogP contribution in [0.2, 0.25) is 0 Å². The average molecular weight is 863 g/mol. The summed E-state index contributed by atoms with van der Waals surface area (Å²) >= 11 is 0. The molecule has 0 radical (unpaired) electrons. The fourth-order valence-electron chi connectivity index (χ4n) is 9.71. The highest BCUT2D eigenvalue weighted by atomic mass is 16.7. The Morgan fingerprint density at radius 1 is 1.05 bits per heavy atom. The minimum Gasteiger partial charge on any atom is -0.492 e. The normalized spacial score (nSPS) is 24.2. The van der Waals surface area contributed by atoms with Crippen molar-refractivity contribution in [3.63, 3.8) is 0 Å². The SMILES string of the molecule is C=CCOC12Oc3ccc(OCCN4CC4)cc3C3C(CCCCO)C(CCCCO)C=C(C(=NOCc4ccccc4)CC1N(CCC)C(=O)C=Cc1ccc([N+](=O)[O-])cc1)C32. The van der Waals surface area contributed by atoms with E-state index in [-0.39, 0.29) is 62.2 Å². The summed E-state index contributed by atoms with van der Waals surface area (Å²) in [4.78, 5) is 36.0. The van der Waals surface area contributed by atoms with Crippen LogP contribution in [0, 0.1) is 27.9 Å². The Morgan fingerprint density at radius 2 is 1.81 bits per heavy atom. The number of unbranched alkanes of at least 4 members (excludes halogenated alkanes) is 2. The van der Waals surface area contributed by atoms with Crippen LogP contribution in [0.15, 0.2) is 108 Å². The van der Waals surface area contributed by atoms with Gasteiger partial charge in [-0.05, 0) is 97.0 Å². The Morgan fingerprint density at radius 3 is 2.51 bits per heavy atom. The lowest BCUT2D eigenvalue weighted by Crippen LogP contribution is -2.70. The van der Waals surface area contributed by atoms with E-state index >= 15 is 0 Å². The van der Waals surface area contributed by atoms with Gasteiger partial charge in [0.15, 0.2) is 0 Å². The number of allylic oxidation sites excluding steroid dienone is 1. The predicted octanol–water partition coefficient (Wildman–Crippen LogP) is 8.08. The molecule has 2 N–H and O–H groups in total. The van der Waals surface area contributed by atoms with Crippen molar-refractivity contribution in [2.45, 2.75) is 82.6 Å². The molecule has 7 rings (SSSR count). The van der Waals surface area contributed by atoms with Crippen LogP contribution in [0.25, 0.3) is 6.08 Å². The molecule has 0 spiro atoms. The van der Waals surface area contributed by atoms with Crippen LogP contribution in [0.4, 0.5) is 5.69 Å². The van der Waals surface area contributed by atoms with Gasteiger partial charge in [-0.2, -0.15) is 0 Å². The van der Waals surface area contributed by atoms with Crippen LogP contribution >= 0.6 is 0 Å². The van der Waals surface area contributed by atoms with Gasteiger partial charge in [0.25, 0.3) is 5.69 Å². The zero-order chi connectivity index (χ0) is 44.2. The molecule has 6 unspecified atom stereocenters. The summed E-state index contributed by atoms with van der Waals surface area (Å²) in [5, 5.41) is 36.2. The summed E-state index contributed by atoms with van der Waals surface area (Å²) in [6, 6.07) is 21.3. The number of aliphatic hydroxyl groups is 2. The molecule has 3 aromatic carbocycles. The third kappa shape index (κ3) is 10.9. The van der Waals surface area contributed by atoms with E-state index in [0.29, 0.717) is 43.7 Å². The average Bonchev–Trinajstić information content (AvgIpc) is 4.13. The standard InChI is InChI=1S/C50H62N4O9/c1-3-24-53(47(57)23-18-36-16-19-39(20-17-36)54(58)59)46-34-44(51-62-35-37-12-6-5-7-13-37)42-32-38(14-8-10-28-55)41(15-9-11-29-56)48-43-33-40(60-31-27-52-25-26-52)21-22-45(43)63-50(46,49(42)48)61-30-4-2/h4-7,12-13,16-23,32-33,38,41,46,48-49,55-56H,2-3,8-11,14-15,24-31,34-35H2,1H3. The predicted molar refractivity (Wildman–Crippen MR) is 242 cm³/mol. The number of hydrogen-bond acceptors (Lipinski definition) is 11. The summed E-state index contributed by atoms with van der Waals surface area (Å²) in [5.41, 5.74) is 4.27. The molecule has 2 aliphatic carbocycles. The van der Waals surface area contributed by atoms with Gasteiger partial charge in [0, 0.05) is 75.5 Å². The molecule has 1 amide bonds. The first kappa shape index (κ1) is 45.7. The van der Waals surface area contributed by atoms with Crippen LogP contribution < -0.4 is 9.47 Å². The lowest BCUT2D eigenvalue weighted by molar-refractivity contribution is -0.384. The van der Waals surface area contributed by atoms with Crippen molar-refractivity contribution in [3.05, 3.63) is 130 Å². The number of benzene rings is 3. The van der Waals surface area contributed by atoms with E-state index in [1.54, 1.807) is 24.3 Å². The van der Waals surface area contributed by atoms with E-state index in [9.17, 15) is 25.1 Å². The van der Waals surface area contributed by atoms with E-state index in [2.05, 4.69) is 23.6 Å². The van der Waals surface area contributed by atoms with Crippen molar-refractivity contribution >= 4 is 23.4 Å². The number of ether oxygens (including phenoxy) is 3. The third-order valence-corrected chi connectivity index (χ3v) is 12.8. The number of amides is 1. The number of carbonyl (C=O) groups excluding carboxylic acids is 1. The van der Waals surface area contributed by atoms with Crippen LogP contribution in [-0.2, 0) is 21.0 Å². The Hall–Kier alpha value is -5.34. The second-order valence-corrected chi connectivity index (χ2v) is 16.9. The maximum atomic E-state index is 14.8. The van der Waals surface area contributed by atoms with E-state index < -0.39 is 22.7 Å². The second-order valence-electron chi connectivity index (χ2n) is 16.9. The van der Waals surface area contributed by atoms with Crippen LogP contribution in [0.1, 0.15) is 80.9 Å². The highest BCUT2D eigenvalue weighted by Crippen LogP contribution is 2.62. The smallest absolute Gasteiger partial charge is 0.269 e. The number of carbonyl (C=O) groups is 1. The van der Waals surface area contributed by atoms with Gasteiger partial charge >= 0.3 is 0 Å². The van der Waals surface area contributed by atoms with E-state index in [0.717, 1.165) is 73.5 Å². The molecule has 1 saturated carbocycles. The van der Waals surface area contributed by atoms with E-state index in [1.807, 2.05) is 54.3 Å². The number of hydrogen-bond donors (Lipinski definition) is 2. The summed E-state index contributed by atoms with van der Waals surface area (Å²) in [6.07, 6.45) is 12.8. The molecule has 13 heteroatoms. The van der Waals surface area contributed by atoms with Crippen molar-refractivity contribution in [3.8, 4) is 11.5 Å². The molecular formula is C50H62N4O9. The first-order valence-corrected chi connectivity index (χ1v) is 22.6. The Bertz CT molecular complexity index is 2100. The highest BCUT2D eigenvalue weighted by Gasteiger charge is 2.65. The molecular weight excluding hydrogens is 801 g/mol. The minimum absolute atomic E-state index is 0.0308. The number of nitro benzene ring substituents is 1. The molecule has 0 bridgehead atoms. The molecule has 336 valence electrons. The highest BCUT2D eigenvalue weighted by molar-refractivity contribution is 6.03. The first-order valence-electron chi connectivity index (χ1n) is 22.6. The van der Waals surface area contributed by atoms with Gasteiger partial charge < -0.3 is 34.2 Å². The lowest BCUT2D eigenvalue weighted by Gasteiger charge is -2.60. The van der Waals surface area contributed by atoms with Crippen molar-refractivity contribution in [1.82, 2.24) is 9.80 Å². The van der Waals surface area contributed by atoms with E-state index in [4.69, 9.17) is 24.2 Å². The van der Waals surface area contributed by atoms with Gasteiger partial charge in [-0.25, -0.2) is 0 Å². The molecule has 63 heavy (non-hydrogen) atoms. The molecule has 2 fully saturated rings.